The molecule has 0 radical (unpaired) electrons. The maximum Gasteiger partial charge on any atom is 0.263 e. The van der Waals surface area contributed by atoms with E-state index in [1.807, 2.05) is 36.4 Å². The zero-order chi connectivity index (χ0) is 20.1. The molecule has 1 amide bonds. The Morgan fingerprint density at radius 1 is 1.03 bits per heavy atom. The van der Waals surface area contributed by atoms with Crippen molar-refractivity contribution in [3.8, 4) is 23.0 Å². The monoisotopic (exact) mass is 393 g/mol. The molecule has 8 nitrogen and oxygen atoms in total. The molecule has 148 valence electrons. The fraction of sp³-hybridized carbons (Fsp3) is 0.143. The van der Waals surface area contributed by atoms with Gasteiger partial charge in [0.15, 0.2) is 29.6 Å². The Hall–Kier alpha value is -3.94. The van der Waals surface area contributed by atoms with Gasteiger partial charge in [-0.05, 0) is 36.4 Å². The van der Waals surface area contributed by atoms with Gasteiger partial charge in [-0.3, -0.25) is 4.79 Å². The zero-order valence-corrected chi connectivity index (χ0v) is 15.7. The van der Waals surface area contributed by atoms with Gasteiger partial charge in [0, 0.05) is 11.8 Å². The van der Waals surface area contributed by atoms with Crippen molar-refractivity contribution < 1.29 is 23.7 Å². The number of fused-ring (bicyclic) bond motifs is 1. The van der Waals surface area contributed by atoms with Crippen LogP contribution in [0.5, 0.6) is 23.0 Å². The number of ether oxygens (including phenoxy) is 4. The van der Waals surface area contributed by atoms with Crippen molar-refractivity contribution in [1.82, 2.24) is 4.98 Å². The molecule has 0 fully saturated rings. The van der Waals surface area contributed by atoms with Crippen LogP contribution in [0, 0.1) is 0 Å². The lowest BCUT2D eigenvalue weighted by Gasteiger charge is -2.11. The highest BCUT2D eigenvalue weighted by Crippen LogP contribution is 2.35. The Morgan fingerprint density at radius 2 is 1.83 bits per heavy atom. The molecule has 2 heterocycles. The number of carbonyl (C=O) groups is 1. The SMILES string of the molecule is COc1ccccc1OCC(=O)Nc1ccc(Nc2ccc3c(c2)OCO3)cn1. The van der Waals surface area contributed by atoms with Crippen LogP contribution < -0.4 is 29.6 Å². The molecular formula is C21H19N3O5. The first-order valence-corrected chi connectivity index (χ1v) is 8.89. The van der Waals surface area contributed by atoms with Crippen LogP contribution in [0.3, 0.4) is 0 Å². The quantitative estimate of drug-likeness (QED) is 0.634. The minimum absolute atomic E-state index is 0.154. The third kappa shape index (κ3) is 4.49. The first-order chi connectivity index (χ1) is 14.2. The maximum atomic E-state index is 12.1. The smallest absolute Gasteiger partial charge is 0.263 e. The topological polar surface area (TPSA) is 90.9 Å². The first kappa shape index (κ1) is 18.4. The molecule has 2 aromatic carbocycles. The lowest BCUT2D eigenvalue weighted by Crippen LogP contribution is -2.20. The molecule has 3 aromatic rings. The van der Waals surface area contributed by atoms with E-state index in [0.717, 1.165) is 17.1 Å². The molecule has 1 aromatic heterocycles. The third-order valence-electron chi connectivity index (χ3n) is 4.12. The summed E-state index contributed by atoms with van der Waals surface area (Å²) in [6.45, 7) is 0.0781. The summed E-state index contributed by atoms with van der Waals surface area (Å²) < 4.78 is 21.4. The van der Waals surface area contributed by atoms with E-state index in [2.05, 4.69) is 15.6 Å². The third-order valence-corrected chi connectivity index (χ3v) is 4.12. The highest BCUT2D eigenvalue weighted by Gasteiger charge is 2.13. The van der Waals surface area contributed by atoms with E-state index in [1.54, 1.807) is 31.5 Å². The van der Waals surface area contributed by atoms with Crippen LogP contribution in [0.25, 0.3) is 0 Å². The molecular weight excluding hydrogens is 374 g/mol. The summed E-state index contributed by atoms with van der Waals surface area (Å²) in [4.78, 5) is 16.4. The lowest BCUT2D eigenvalue weighted by atomic mass is 10.2. The van der Waals surface area contributed by atoms with E-state index in [9.17, 15) is 4.79 Å². The van der Waals surface area contributed by atoms with Crippen LogP contribution in [0.4, 0.5) is 17.2 Å². The fourth-order valence-electron chi connectivity index (χ4n) is 2.74. The number of carbonyl (C=O) groups excluding carboxylic acids is 1. The number of para-hydroxylation sites is 2. The van der Waals surface area contributed by atoms with Gasteiger partial charge in [0.2, 0.25) is 6.79 Å². The standard InChI is InChI=1S/C21H19N3O5/c1-26-16-4-2-3-5-17(16)27-12-21(25)24-20-9-7-15(11-22-20)23-14-6-8-18-19(10-14)29-13-28-18/h2-11,23H,12-13H2,1H3,(H,22,24,25). The van der Waals surface area contributed by atoms with Crippen LogP contribution in [0.1, 0.15) is 0 Å². The molecule has 0 unspecified atom stereocenters. The highest BCUT2D eigenvalue weighted by molar-refractivity contribution is 5.91. The molecule has 1 aliphatic heterocycles. The number of aromatic nitrogens is 1. The number of nitrogens with one attached hydrogen (secondary N) is 2. The number of methoxy groups -OCH3 is 1. The van der Waals surface area contributed by atoms with Crippen LogP contribution in [-0.2, 0) is 4.79 Å². The van der Waals surface area contributed by atoms with Gasteiger partial charge in [-0.15, -0.1) is 0 Å². The summed E-state index contributed by atoms with van der Waals surface area (Å²) >= 11 is 0. The number of anilines is 3. The van der Waals surface area contributed by atoms with Gasteiger partial charge in [-0.1, -0.05) is 12.1 Å². The molecule has 2 N–H and O–H groups in total. The molecule has 0 bridgehead atoms. The molecule has 8 heteroatoms. The number of amides is 1. The maximum absolute atomic E-state index is 12.1. The van der Waals surface area contributed by atoms with Gasteiger partial charge in [0.1, 0.15) is 5.82 Å². The Bertz CT molecular complexity index is 1010. The molecule has 0 atom stereocenters. The highest BCUT2D eigenvalue weighted by atomic mass is 16.7. The average Bonchev–Trinajstić information content (AvgIpc) is 3.22. The van der Waals surface area contributed by atoms with Crippen molar-refractivity contribution in [2.24, 2.45) is 0 Å². The van der Waals surface area contributed by atoms with Crippen LogP contribution in [0.2, 0.25) is 0 Å². The zero-order valence-electron chi connectivity index (χ0n) is 15.7. The van der Waals surface area contributed by atoms with E-state index < -0.39 is 0 Å². The fourth-order valence-corrected chi connectivity index (χ4v) is 2.74. The van der Waals surface area contributed by atoms with Gasteiger partial charge < -0.3 is 29.6 Å². The van der Waals surface area contributed by atoms with Crippen molar-refractivity contribution in [2.45, 2.75) is 0 Å². The average molecular weight is 393 g/mol. The predicted molar refractivity (Wildman–Crippen MR) is 107 cm³/mol. The number of hydrogen-bond donors (Lipinski definition) is 2. The second-order valence-corrected chi connectivity index (χ2v) is 6.11. The van der Waals surface area contributed by atoms with Gasteiger partial charge in [0.25, 0.3) is 5.91 Å². The van der Waals surface area contributed by atoms with Gasteiger partial charge in [-0.2, -0.15) is 0 Å². The second kappa shape index (κ2) is 8.39. The predicted octanol–water partition coefficient (Wildman–Crippen LogP) is 3.58. The van der Waals surface area contributed by atoms with E-state index in [1.165, 1.54) is 0 Å². The van der Waals surface area contributed by atoms with Gasteiger partial charge in [0.05, 0.1) is 19.0 Å². The summed E-state index contributed by atoms with van der Waals surface area (Å²) in [5, 5.41) is 5.92. The van der Waals surface area contributed by atoms with E-state index in [4.69, 9.17) is 18.9 Å². The minimum Gasteiger partial charge on any atom is -0.493 e. The minimum atomic E-state index is -0.320. The number of nitrogens with zero attached hydrogens (tertiary/aromatic N) is 1. The van der Waals surface area contributed by atoms with E-state index in [0.29, 0.717) is 23.1 Å². The van der Waals surface area contributed by atoms with Crippen molar-refractivity contribution in [3.05, 3.63) is 60.8 Å². The second-order valence-electron chi connectivity index (χ2n) is 6.11. The number of rotatable bonds is 7. The summed E-state index contributed by atoms with van der Waals surface area (Å²) in [7, 11) is 1.55. The largest absolute Gasteiger partial charge is 0.493 e. The summed E-state index contributed by atoms with van der Waals surface area (Å²) in [6, 6.07) is 16.2. The van der Waals surface area contributed by atoms with Gasteiger partial charge >= 0.3 is 0 Å². The molecule has 0 saturated carbocycles. The first-order valence-electron chi connectivity index (χ1n) is 8.89. The Morgan fingerprint density at radius 3 is 2.62 bits per heavy atom. The number of hydrogen-bond acceptors (Lipinski definition) is 7. The summed E-state index contributed by atoms with van der Waals surface area (Å²) in [5.74, 6) is 2.59. The summed E-state index contributed by atoms with van der Waals surface area (Å²) in [5.41, 5.74) is 1.62. The van der Waals surface area contributed by atoms with Gasteiger partial charge in [-0.25, -0.2) is 4.98 Å². The molecule has 1 aliphatic rings. The van der Waals surface area contributed by atoms with Crippen molar-refractivity contribution in [1.29, 1.82) is 0 Å². The Kier molecular flexibility index (Phi) is 5.33. The van der Waals surface area contributed by atoms with Crippen molar-refractivity contribution in [3.63, 3.8) is 0 Å². The van der Waals surface area contributed by atoms with E-state index >= 15 is 0 Å². The Labute approximate surface area is 167 Å². The van der Waals surface area contributed by atoms with Crippen molar-refractivity contribution in [2.75, 3.05) is 31.1 Å². The van der Waals surface area contributed by atoms with Crippen LogP contribution >= 0.6 is 0 Å². The molecule has 0 aliphatic carbocycles. The molecule has 0 saturated heterocycles. The van der Waals surface area contributed by atoms with Crippen molar-refractivity contribution >= 4 is 23.1 Å². The van der Waals surface area contributed by atoms with Crippen LogP contribution in [0.15, 0.2) is 60.8 Å². The molecule has 4 rings (SSSR count). The molecule has 0 spiro atoms. The van der Waals surface area contributed by atoms with E-state index in [-0.39, 0.29) is 19.3 Å². The Balaban J connectivity index is 1.31. The lowest BCUT2D eigenvalue weighted by molar-refractivity contribution is -0.118. The number of benzene rings is 2. The summed E-state index contributed by atoms with van der Waals surface area (Å²) in [6.07, 6.45) is 1.63. The molecule has 29 heavy (non-hydrogen) atoms. The number of pyridine rings is 1. The normalized spacial score (nSPS) is 11.6. The van der Waals surface area contributed by atoms with Crippen LogP contribution in [-0.4, -0.2) is 31.4 Å².